The molecule has 1 aliphatic rings. The average Bonchev–Trinajstić information content (AvgIpc) is 2.91. The fourth-order valence-corrected chi connectivity index (χ4v) is 5.29. The van der Waals surface area contributed by atoms with Crippen molar-refractivity contribution in [2.75, 3.05) is 0 Å². The van der Waals surface area contributed by atoms with Crippen LogP contribution < -0.4 is 4.74 Å². The van der Waals surface area contributed by atoms with Crippen molar-refractivity contribution in [2.24, 2.45) is 5.92 Å². The summed E-state index contributed by atoms with van der Waals surface area (Å²) in [5, 5.41) is 0. The highest BCUT2D eigenvalue weighted by molar-refractivity contribution is 5.92. The van der Waals surface area contributed by atoms with Crippen LogP contribution in [0.1, 0.15) is 72.9 Å². The molecule has 1 aliphatic carbocycles. The quantitative estimate of drug-likeness (QED) is 0.117. The normalized spacial score (nSPS) is 17.6. The third-order valence-electron chi connectivity index (χ3n) is 7.38. The van der Waals surface area contributed by atoms with Crippen LogP contribution in [0.4, 0.5) is 22.0 Å². The number of rotatable bonds is 9. The van der Waals surface area contributed by atoms with Crippen LogP contribution >= 0.6 is 0 Å². The third-order valence-corrected chi connectivity index (χ3v) is 7.38. The molecule has 0 aliphatic heterocycles. The Balaban J connectivity index is 1.41. The fourth-order valence-electron chi connectivity index (χ4n) is 5.29. The molecule has 0 spiro atoms. The monoisotopic (exact) mass is 542 g/mol. The Bertz CT molecular complexity index is 1290. The summed E-state index contributed by atoms with van der Waals surface area (Å²) in [6, 6.07) is 13.7. The highest BCUT2D eigenvalue weighted by atomic mass is 19.3. The topological polar surface area (TPSA) is 26.3 Å². The van der Waals surface area contributed by atoms with Crippen LogP contribution in [0.15, 0.2) is 66.7 Å². The maximum absolute atomic E-state index is 14.9. The van der Waals surface area contributed by atoms with Crippen LogP contribution in [0.3, 0.4) is 0 Å². The summed E-state index contributed by atoms with van der Waals surface area (Å²) in [5.41, 5.74) is 1.84. The average molecular weight is 543 g/mol. The second-order valence-corrected chi connectivity index (χ2v) is 10.0. The van der Waals surface area contributed by atoms with E-state index in [1.807, 2.05) is 12.1 Å². The summed E-state index contributed by atoms with van der Waals surface area (Å²) in [4.78, 5) is 12.5. The van der Waals surface area contributed by atoms with Gasteiger partial charge in [0.2, 0.25) is 0 Å². The number of esters is 1. The van der Waals surface area contributed by atoms with E-state index in [0.29, 0.717) is 17.6 Å². The van der Waals surface area contributed by atoms with E-state index in [1.54, 1.807) is 6.07 Å². The molecule has 0 unspecified atom stereocenters. The SMILES string of the molecule is CCCC1CCC(c2ccc(-c3ccc(C(=O)Oc4cc(F)c(CC=CC(F)F)c(F)c4)c(F)c3)cc2)CC1. The molecular formula is C32H31F5O2. The van der Waals surface area contributed by atoms with Crippen LogP contribution in [0, 0.1) is 23.4 Å². The van der Waals surface area contributed by atoms with Crippen molar-refractivity contribution in [1.82, 2.24) is 0 Å². The maximum atomic E-state index is 14.9. The molecule has 39 heavy (non-hydrogen) atoms. The lowest BCUT2D eigenvalue weighted by Crippen LogP contribution is -2.13. The van der Waals surface area contributed by atoms with Gasteiger partial charge in [-0.3, -0.25) is 0 Å². The molecule has 0 atom stereocenters. The molecule has 0 bridgehead atoms. The number of carbonyl (C=O) groups is 1. The van der Waals surface area contributed by atoms with Crippen LogP contribution in [-0.2, 0) is 6.42 Å². The first-order valence-electron chi connectivity index (χ1n) is 13.3. The highest BCUT2D eigenvalue weighted by Crippen LogP contribution is 2.38. The van der Waals surface area contributed by atoms with E-state index >= 15 is 0 Å². The fraction of sp³-hybridized carbons (Fsp3) is 0.344. The van der Waals surface area contributed by atoms with Crippen molar-refractivity contribution >= 4 is 5.97 Å². The smallest absolute Gasteiger partial charge is 0.346 e. The van der Waals surface area contributed by atoms with Crippen molar-refractivity contribution < 1.29 is 31.5 Å². The molecule has 1 saturated carbocycles. The van der Waals surface area contributed by atoms with E-state index in [4.69, 9.17) is 4.74 Å². The zero-order valence-corrected chi connectivity index (χ0v) is 21.7. The maximum Gasteiger partial charge on any atom is 0.346 e. The Morgan fingerprint density at radius 3 is 2.13 bits per heavy atom. The molecule has 0 heterocycles. The molecule has 0 radical (unpaired) electrons. The molecule has 0 saturated heterocycles. The van der Waals surface area contributed by atoms with Gasteiger partial charge in [-0.25, -0.2) is 26.7 Å². The Labute approximate surface area is 225 Å². The first kappa shape index (κ1) is 28.5. The molecule has 4 rings (SSSR count). The van der Waals surface area contributed by atoms with Gasteiger partial charge < -0.3 is 4.74 Å². The number of allylic oxidation sites excluding steroid dienone is 2. The van der Waals surface area contributed by atoms with Crippen LogP contribution in [0.5, 0.6) is 5.75 Å². The van der Waals surface area contributed by atoms with Gasteiger partial charge in [0.1, 0.15) is 23.2 Å². The molecular weight excluding hydrogens is 511 g/mol. The summed E-state index contributed by atoms with van der Waals surface area (Å²) in [7, 11) is 0. The molecule has 0 amide bonds. The largest absolute Gasteiger partial charge is 0.423 e. The van der Waals surface area contributed by atoms with Crippen molar-refractivity contribution in [3.63, 3.8) is 0 Å². The minimum atomic E-state index is -2.74. The minimum absolute atomic E-state index is 0.385. The number of hydrogen-bond donors (Lipinski definition) is 0. The van der Waals surface area contributed by atoms with E-state index in [9.17, 15) is 26.7 Å². The predicted molar refractivity (Wildman–Crippen MR) is 142 cm³/mol. The zero-order valence-electron chi connectivity index (χ0n) is 21.7. The van der Waals surface area contributed by atoms with Gasteiger partial charge in [-0.2, -0.15) is 0 Å². The second kappa shape index (κ2) is 13.0. The number of benzene rings is 3. The lowest BCUT2D eigenvalue weighted by molar-refractivity contribution is 0.0729. The van der Waals surface area contributed by atoms with Gasteiger partial charge in [-0.1, -0.05) is 56.2 Å². The van der Waals surface area contributed by atoms with E-state index in [-0.39, 0.29) is 5.56 Å². The predicted octanol–water partition coefficient (Wildman–Crippen LogP) is 9.43. The molecule has 1 fully saturated rings. The molecule has 3 aromatic carbocycles. The summed E-state index contributed by atoms with van der Waals surface area (Å²) >= 11 is 0. The van der Waals surface area contributed by atoms with Gasteiger partial charge in [-0.15, -0.1) is 0 Å². The molecule has 0 N–H and O–H groups in total. The number of hydrogen-bond acceptors (Lipinski definition) is 2. The molecule has 2 nitrogen and oxygen atoms in total. The van der Waals surface area contributed by atoms with Gasteiger partial charge in [0.05, 0.1) is 5.56 Å². The summed E-state index contributed by atoms with van der Waals surface area (Å²) < 4.78 is 72.8. The Morgan fingerprint density at radius 2 is 1.54 bits per heavy atom. The first-order valence-corrected chi connectivity index (χ1v) is 13.3. The Morgan fingerprint density at radius 1 is 0.897 bits per heavy atom. The standard InChI is InChI=1S/C32H31F5O2/c1-2-4-20-7-9-21(10-8-20)22-11-13-23(14-12-22)24-15-16-27(28(33)17-24)32(38)39-25-18-29(34)26(30(35)19-25)5-3-6-31(36)37/h3,6,11-21,31H,2,4-5,7-10H2,1H3. The summed E-state index contributed by atoms with van der Waals surface area (Å²) in [6.45, 7) is 2.23. The van der Waals surface area contributed by atoms with E-state index in [2.05, 4.69) is 19.1 Å². The van der Waals surface area contributed by atoms with Crippen molar-refractivity contribution in [3.8, 4) is 16.9 Å². The lowest BCUT2D eigenvalue weighted by atomic mass is 9.77. The van der Waals surface area contributed by atoms with Crippen LogP contribution in [0.25, 0.3) is 11.1 Å². The minimum Gasteiger partial charge on any atom is -0.423 e. The second-order valence-electron chi connectivity index (χ2n) is 10.0. The third kappa shape index (κ3) is 7.34. The molecule has 7 heteroatoms. The van der Waals surface area contributed by atoms with Gasteiger partial charge in [-0.05, 0) is 78.8 Å². The summed E-state index contributed by atoms with van der Waals surface area (Å²) in [6.07, 6.45) is 5.73. The molecule has 3 aromatic rings. The van der Waals surface area contributed by atoms with Crippen molar-refractivity contribution in [2.45, 2.75) is 64.2 Å². The number of alkyl halides is 2. The zero-order chi connectivity index (χ0) is 27.9. The number of ether oxygens (including phenoxy) is 1. The molecule has 0 aromatic heterocycles. The first-order chi connectivity index (χ1) is 18.7. The van der Waals surface area contributed by atoms with E-state index in [0.717, 1.165) is 29.7 Å². The van der Waals surface area contributed by atoms with Gasteiger partial charge >= 0.3 is 5.97 Å². The number of halogens is 5. The molecule has 206 valence electrons. The van der Waals surface area contributed by atoms with Gasteiger partial charge in [0, 0.05) is 17.7 Å². The van der Waals surface area contributed by atoms with Gasteiger partial charge in [0.15, 0.2) is 0 Å². The Kier molecular flexibility index (Phi) is 9.54. The summed E-state index contributed by atoms with van der Waals surface area (Å²) in [5.74, 6) is -3.16. The highest BCUT2D eigenvalue weighted by Gasteiger charge is 2.22. The van der Waals surface area contributed by atoms with Crippen LogP contribution in [-0.4, -0.2) is 12.4 Å². The lowest BCUT2D eigenvalue weighted by Gasteiger charge is -2.28. The van der Waals surface area contributed by atoms with Crippen LogP contribution in [0.2, 0.25) is 0 Å². The van der Waals surface area contributed by atoms with E-state index < -0.39 is 47.6 Å². The van der Waals surface area contributed by atoms with Crippen molar-refractivity contribution in [3.05, 3.63) is 101 Å². The van der Waals surface area contributed by atoms with Crippen molar-refractivity contribution in [1.29, 1.82) is 0 Å². The Hall–Kier alpha value is -3.48. The van der Waals surface area contributed by atoms with E-state index in [1.165, 1.54) is 56.2 Å². The number of carbonyl (C=O) groups excluding carboxylic acids is 1. The van der Waals surface area contributed by atoms with Gasteiger partial charge in [0.25, 0.3) is 6.43 Å².